The summed E-state index contributed by atoms with van der Waals surface area (Å²) in [6.07, 6.45) is 5.95. The van der Waals surface area contributed by atoms with E-state index in [2.05, 4.69) is 37.7 Å². The molecule has 0 spiro atoms. The van der Waals surface area contributed by atoms with Crippen LogP contribution in [-0.4, -0.2) is 0 Å². The molecule has 0 aromatic carbocycles. The molecule has 10 heavy (non-hydrogen) atoms. The summed E-state index contributed by atoms with van der Waals surface area (Å²) < 4.78 is 0. The first-order valence-electron chi connectivity index (χ1n) is 3.49. The fourth-order valence-electron chi connectivity index (χ4n) is 0.791. The van der Waals surface area contributed by atoms with Crippen molar-refractivity contribution >= 4 is 0 Å². The quantitative estimate of drug-likeness (QED) is 0.530. The first-order chi connectivity index (χ1) is 4.61. The number of hydrogen-bond acceptors (Lipinski definition) is 2. The third kappa shape index (κ3) is 1.53. The van der Waals surface area contributed by atoms with Gasteiger partial charge in [0.1, 0.15) is 0 Å². The van der Waals surface area contributed by atoms with E-state index in [1.165, 1.54) is 5.70 Å². The van der Waals surface area contributed by atoms with E-state index >= 15 is 0 Å². The molecule has 0 saturated heterocycles. The van der Waals surface area contributed by atoms with Crippen LogP contribution in [0.15, 0.2) is 24.0 Å². The highest BCUT2D eigenvalue weighted by Crippen LogP contribution is 2.22. The monoisotopic (exact) mass is 138 g/mol. The Bertz CT molecular complexity index is 172. The summed E-state index contributed by atoms with van der Waals surface area (Å²) in [5.74, 6) is 0. The average molecular weight is 138 g/mol. The van der Waals surface area contributed by atoms with Crippen LogP contribution < -0.4 is 10.9 Å². The van der Waals surface area contributed by atoms with Gasteiger partial charge in [-0.15, -0.1) is 0 Å². The molecule has 2 nitrogen and oxygen atoms in total. The molecule has 0 aliphatic carbocycles. The van der Waals surface area contributed by atoms with Crippen molar-refractivity contribution in [3.05, 3.63) is 24.0 Å². The number of hydrogen-bond donors (Lipinski definition) is 2. The standard InChI is InChI=1S/C8H14N2/c1-8(2,3)7-5-4-6-9-10-7/h4-6,9-10H,1-3H3. The van der Waals surface area contributed by atoms with Crippen molar-refractivity contribution in [3.63, 3.8) is 0 Å². The Kier molecular flexibility index (Phi) is 1.70. The van der Waals surface area contributed by atoms with Gasteiger partial charge in [0, 0.05) is 17.3 Å². The third-order valence-corrected chi connectivity index (χ3v) is 1.46. The van der Waals surface area contributed by atoms with Gasteiger partial charge >= 0.3 is 0 Å². The predicted molar refractivity (Wildman–Crippen MR) is 42.9 cm³/mol. The van der Waals surface area contributed by atoms with Crippen molar-refractivity contribution in [2.75, 3.05) is 0 Å². The minimum Gasteiger partial charge on any atom is -0.308 e. The number of rotatable bonds is 0. The van der Waals surface area contributed by atoms with Crippen molar-refractivity contribution in [2.24, 2.45) is 5.41 Å². The smallest absolute Gasteiger partial charge is 0.0367 e. The second kappa shape index (κ2) is 2.37. The summed E-state index contributed by atoms with van der Waals surface area (Å²) in [4.78, 5) is 0. The van der Waals surface area contributed by atoms with Crippen LogP contribution in [0.2, 0.25) is 0 Å². The normalized spacial score (nSPS) is 17.3. The van der Waals surface area contributed by atoms with Gasteiger partial charge in [-0.25, -0.2) is 0 Å². The van der Waals surface area contributed by atoms with Crippen molar-refractivity contribution in [2.45, 2.75) is 20.8 Å². The fourth-order valence-corrected chi connectivity index (χ4v) is 0.791. The first-order valence-corrected chi connectivity index (χ1v) is 3.49. The van der Waals surface area contributed by atoms with Crippen LogP contribution in [0.4, 0.5) is 0 Å². The van der Waals surface area contributed by atoms with Gasteiger partial charge < -0.3 is 10.9 Å². The Morgan fingerprint density at radius 2 is 2.00 bits per heavy atom. The molecule has 2 heteroatoms. The van der Waals surface area contributed by atoms with E-state index in [0.29, 0.717) is 0 Å². The van der Waals surface area contributed by atoms with E-state index in [4.69, 9.17) is 0 Å². The molecule has 1 aliphatic rings. The highest BCUT2D eigenvalue weighted by molar-refractivity contribution is 5.18. The van der Waals surface area contributed by atoms with Gasteiger partial charge in [-0.1, -0.05) is 20.8 Å². The molecule has 0 saturated carbocycles. The second-order valence-corrected chi connectivity index (χ2v) is 3.46. The molecule has 56 valence electrons. The molecule has 1 aliphatic heterocycles. The van der Waals surface area contributed by atoms with Gasteiger partial charge in [0.05, 0.1) is 0 Å². The van der Waals surface area contributed by atoms with Gasteiger partial charge in [0.25, 0.3) is 0 Å². The van der Waals surface area contributed by atoms with Crippen LogP contribution in [0, 0.1) is 5.41 Å². The Labute approximate surface area is 62.0 Å². The lowest BCUT2D eigenvalue weighted by atomic mass is 9.92. The Morgan fingerprint density at radius 1 is 1.30 bits per heavy atom. The zero-order valence-corrected chi connectivity index (χ0v) is 6.73. The molecular formula is C8H14N2. The van der Waals surface area contributed by atoms with Crippen molar-refractivity contribution in [1.29, 1.82) is 0 Å². The maximum Gasteiger partial charge on any atom is 0.0367 e. The van der Waals surface area contributed by atoms with Crippen molar-refractivity contribution < 1.29 is 0 Å². The van der Waals surface area contributed by atoms with Gasteiger partial charge in [-0.05, 0) is 12.2 Å². The van der Waals surface area contributed by atoms with Crippen LogP contribution >= 0.6 is 0 Å². The Hall–Kier alpha value is -0.920. The molecule has 1 rings (SSSR count). The maximum atomic E-state index is 3.08. The molecule has 1 heterocycles. The lowest BCUT2D eigenvalue weighted by Crippen LogP contribution is -2.34. The van der Waals surface area contributed by atoms with Crippen LogP contribution in [0.3, 0.4) is 0 Å². The van der Waals surface area contributed by atoms with Gasteiger partial charge in [-0.3, -0.25) is 0 Å². The van der Waals surface area contributed by atoms with E-state index in [9.17, 15) is 0 Å². The summed E-state index contributed by atoms with van der Waals surface area (Å²) in [7, 11) is 0. The lowest BCUT2D eigenvalue weighted by molar-refractivity contribution is 0.443. The zero-order valence-electron chi connectivity index (χ0n) is 6.73. The average Bonchev–Trinajstić information content (AvgIpc) is 1.88. The van der Waals surface area contributed by atoms with Crippen LogP contribution in [-0.2, 0) is 0 Å². The van der Waals surface area contributed by atoms with E-state index in [-0.39, 0.29) is 5.41 Å². The molecule has 0 fully saturated rings. The van der Waals surface area contributed by atoms with E-state index in [0.717, 1.165) is 0 Å². The molecule has 0 radical (unpaired) electrons. The SMILES string of the molecule is CC(C)(C)C1=CC=CNN1. The Morgan fingerprint density at radius 3 is 2.30 bits per heavy atom. The molecule has 0 aromatic heterocycles. The minimum absolute atomic E-state index is 0.206. The lowest BCUT2D eigenvalue weighted by Gasteiger charge is -2.25. The highest BCUT2D eigenvalue weighted by Gasteiger charge is 2.16. The van der Waals surface area contributed by atoms with E-state index < -0.39 is 0 Å². The zero-order chi connectivity index (χ0) is 7.61. The molecule has 0 unspecified atom stereocenters. The van der Waals surface area contributed by atoms with Crippen LogP contribution in [0.5, 0.6) is 0 Å². The highest BCUT2D eigenvalue weighted by atomic mass is 15.4. The number of allylic oxidation sites excluding steroid dienone is 3. The summed E-state index contributed by atoms with van der Waals surface area (Å²) >= 11 is 0. The summed E-state index contributed by atoms with van der Waals surface area (Å²) in [5, 5.41) is 0. The van der Waals surface area contributed by atoms with Gasteiger partial charge in [0.2, 0.25) is 0 Å². The van der Waals surface area contributed by atoms with E-state index in [1.54, 1.807) is 0 Å². The first kappa shape index (κ1) is 7.19. The largest absolute Gasteiger partial charge is 0.308 e. The number of hydrazine groups is 1. The third-order valence-electron chi connectivity index (χ3n) is 1.46. The molecule has 0 aromatic rings. The van der Waals surface area contributed by atoms with Gasteiger partial charge in [0.15, 0.2) is 0 Å². The molecule has 0 atom stereocenters. The topological polar surface area (TPSA) is 24.1 Å². The summed E-state index contributed by atoms with van der Waals surface area (Å²) in [5.41, 5.74) is 7.45. The molecule has 0 bridgehead atoms. The Balaban J connectivity index is 2.72. The minimum atomic E-state index is 0.206. The summed E-state index contributed by atoms with van der Waals surface area (Å²) in [6, 6.07) is 0. The van der Waals surface area contributed by atoms with Crippen LogP contribution in [0.1, 0.15) is 20.8 Å². The maximum absolute atomic E-state index is 3.08. The van der Waals surface area contributed by atoms with Crippen molar-refractivity contribution in [1.82, 2.24) is 10.9 Å². The predicted octanol–water partition coefficient (Wildman–Crippen LogP) is 1.54. The van der Waals surface area contributed by atoms with Crippen molar-refractivity contribution in [3.8, 4) is 0 Å². The number of nitrogens with one attached hydrogen (secondary N) is 2. The van der Waals surface area contributed by atoms with Crippen LogP contribution in [0.25, 0.3) is 0 Å². The van der Waals surface area contributed by atoms with Gasteiger partial charge in [-0.2, -0.15) is 0 Å². The molecule has 2 N–H and O–H groups in total. The molecule has 0 amide bonds. The second-order valence-electron chi connectivity index (χ2n) is 3.46. The van der Waals surface area contributed by atoms with E-state index in [1.807, 2.05) is 12.3 Å². The molecular weight excluding hydrogens is 124 g/mol. The summed E-state index contributed by atoms with van der Waals surface area (Å²) in [6.45, 7) is 6.52. The fraction of sp³-hybridized carbons (Fsp3) is 0.500.